The average molecular weight is 220 g/mol. The maximum atomic E-state index is 10.9. The van der Waals surface area contributed by atoms with Crippen molar-refractivity contribution in [3.05, 3.63) is 0 Å². The molecule has 7 heteroatoms. The van der Waals surface area contributed by atoms with Gasteiger partial charge >= 0.3 is 6.16 Å². The minimum atomic E-state index is -1.12. The third kappa shape index (κ3) is 1.67. The Morgan fingerprint density at radius 3 is 2.67 bits per heavy atom. The van der Waals surface area contributed by atoms with Gasteiger partial charge in [0, 0.05) is 7.11 Å². The fourth-order valence-electron chi connectivity index (χ4n) is 1.76. The van der Waals surface area contributed by atoms with E-state index in [1.807, 2.05) is 0 Å². The van der Waals surface area contributed by atoms with Crippen LogP contribution in [0, 0.1) is 0 Å². The number of rotatable bonds is 2. The second kappa shape index (κ2) is 3.93. The van der Waals surface area contributed by atoms with Crippen LogP contribution in [-0.4, -0.2) is 60.8 Å². The molecule has 0 amide bonds. The van der Waals surface area contributed by atoms with E-state index in [2.05, 4.69) is 0 Å². The van der Waals surface area contributed by atoms with Crippen molar-refractivity contribution in [2.24, 2.45) is 0 Å². The highest BCUT2D eigenvalue weighted by Gasteiger charge is 2.53. The highest BCUT2D eigenvalue weighted by atomic mass is 16.8. The van der Waals surface area contributed by atoms with Crippen molar-refractivity contribution in [2.75, 3.05) is 13.7 Å². The predicted molar refractivity (Wildman–Crippen MR) is 43.9 cm³/mol. The lowest BCUT2D eigenvalue weighted by Gasteiger charge is -2.37. The second-order valence-corrected chi connectivity index (χ2v) is 3.37. The van der Waals surface area contributed by atoms with Gasteiger partial charge < -0.3 is 29.2 Å². The van der Waals surface area contributed by atoms with Crippen LogP contribution in [0.4, 0.5) is 4.79 Å². The maximum Gasteiger partial charge on any atom is 0.509 e. The van der Waals surface area contributed by atoms with Crippen LogP contribution in [-0.2, 0) is 18.9 Å². The second-order valence-electron chi connectivity index (χ2n) is 3.37. The fraction of sp³-hybridized carbons (Fsp3) is 0.875. The lowest BCUT2D eigenvalue weighted by atomic mass is 9.99. The van der Waals surface area contributed by atoms with Gasteiger partial charge in [-0.3, -0.25) is 0 Å². The molecule has 2 fully saturated rings. The lowest BCUT2D eigenvalue weighted by molar-refractivity contribution is -0.274. The summed E-state index contributed by atoms with van der Waals surface area (Å²) >= 11 is 0. The zero-order valence-corrected chi connectivity index (χ0v) is 8.03. The zero-order valence-electron chi connectivity index (χ0n) is 8.03. The van der Waals surface area contributed by atoms with E-state index in [9.17, 15) is 9.90 Å². The summed E-state index contributed by atoms with van der Waals surface area (Å²) in [5.74, 6) is 0. The van der Waals surface area contributed by atoms with Gasteiger partial charge in [-0.05, 0) is 0 Å². The first-order valence-electron chi connectivity index (χ1n) is 4.52. The van der Waals surface area contributed by atoms with Crippen LogP contribution in [0.15, 0.2) is 0 Å². The van der Waals surface area contributed by atoms with Crippen molar-refractivity contribution < 1.29 is 34.0 Å². The summed E-state index contributed by atoms with van der Waals surface area (Å²) < 4.78 is 19.6. The normalized spacial score (nSPS) is 44.5. The summed E-state index contributed by atoms with van der Waals surface area (Å²) in [7, 11) is 1.35. The topological polar surface area (TPSA) is 94.5 Å². The van der Waals surface area contributed by atoms with E-state index in [1.54, 1.807) is 0 Å². The van der Waals surface area contributed by atoms with Crippen LogP contribution < -0.4 is 0 Å². The molecule has 2 rings (SSSR count). The van der Waals surface area contributed by atoms with Gasteiger partial charge in [-0.25, -0.2) is 4.79 Å². The predicted octanol–water partition coefficient (Wildman–Crippen LogP) is -1.39. The van der Waals surface area contributed by atoms with Gasteiger partial charge in [0.2, 0.25) is 0 Å². The van der Waals surface area contributed by atoms with Crippen LogP contribution in [0.1, 0.15) is 0 Å². The van der Waals surface area contributed by atoms with Gasteiger partial charge in [0.1, 0.15) is 12.2 Å². The zero-order chi connectivity index (χ0) is 11.0. The number of hydrogen-bond acceptors (Lipinski definition) is 7. The molecule has 0 aromatic rings. The van der Waals surface area contributed by atoms with E-state index in [0.29, 0.717) is 0 Å². The average Bonchev–Trinajstić information content (AvgIpc) is 2.61. The van der Waals surface area contributed by atoms with Crippen molar-refractivity contribution in [3.8, 4) is 0 Å². The van der Waals surface area contributed by atoms with E-state index in [-0.39, 0.29) is 6.61 Å². The van der Waals surface area contributed by atoms with E-state index in [0.717, 1.165) is 0 Å². The summed E-state index contributed by atoms with van der Waals surface area (Å²) in [5, 5.41) is 18.7. The lowest BCUT2D eigenvalue weighted by Crippen LogP contribution is -2.57. The van der Waals surface area contributed by atoms with Gasteiger partial charge in [-0.2, -0.15) is 0 Å². The van der Waals surface area contributed by atoms with E-state index in [4.69, 9.17) is 24.1 Å². The summed E-state index contributed by atoms with van der Waals surface area (Å²) in [6, 6.07) is 0. The fourth-order valence-corrected chi connectivity index (χ4v) is 1.76. The Morgan fingerprint density at radius 2 is 2.07 bits per heavy atom. The molecule has 86 valence electrons. The van der Waals surface area contributed by atoms with Crippen molar-refractivity contribution in [2.45, 2.75) is 30.7 Å². The minimum Gasteiger partial charge on any atom is -0.424 e. The van der Waals surface area contributed by atoms with Crippen molar-refractivity contribution >= 4 is 6.16 Å². The summed E-state index contributed by atoms with van der Waals surface area (Å²) in [6.07, 6.45) is -5.30. The molecule has 15 heavy (non-hydrogen) atoms. The molecule has 2 aliphatic heterocycles. The number of aliphatic hydroxyl groups is 2. The molecule has 0 aliphatic carbocycles. The van der Waals surface area contributed by atoms with Gasteiger partial charge in [0.15, 0.2) is 18.5 Å². The van der Waals surface area contributed by atoms with Crippen molar-refractivity contribution in [3.63, 3.8) is 0 Å². The first-order valence-corrected chi connectivity index (χ1v) is 4.52. The smallest absolute Gasteiger partial charge is 0.424 e. The molecule has 0 aromatic heterocycles. The van der Waals surface area contributed by atoms with Crippen molar-refractivity contribution in [1.29, 1.82) is 0 Å². The molecule has 2 aliphatic rings. The van der Waals surface area contributed by atoms with Crippen LogP contribution in [0.25, 0.3) is 0 Å². The number of ether oxygens (including phenoxy) is 4. The number of fused-ring (bicyclic) bond motifs is 1. The van der Waals surface area contributed by atoms with Crippen LogP contribution in [0.5, 0.6) is 0 Å². The van der Waals surface area contributed by atoms with E-state index >= 15 is 0 Å². The molecule has 2 heterocycles. The molecule has 0 spiro atoms. The standard InChI is InChI=1S/C8H12O7/c1-12-7-4(10)6-5(3(2-9)13-7)14-8(11)15-6/h3-7,9-10H,2H2,1H3/t3-,4-,5+,6-,7+/m1/s1. The molecule has 5 atom stereocenters. The van der Waals surface area contributed by atoms with Crippen LogP contribution in [0.3, 0.4) is 0 Å². The van der Waals surface area contributed by atoms with Gasteiger partial charge in [-0.1, -0.05) is 0 Å². The highest BCUT2D eigenvalue weighted by molar-refractivity contribution is 5.63. The largest absolute Gasteiger partial charge is 0.509 e. The monoisotopic (exact) mass is 220 g/mol. The number of hydrogen-bond donors (Lipinski definition) is 2. The van der Waals surface area contributed by atoms with Crippen LogP contribution >= 0.6 is 0 Å². The Bertz CT molecular complexity index is 255. The van der Waals surface area contributed by atoms with E-state index in [1.165, 1.54) is 7.11 Å². The molecule has 0 aromatic carbocycles. The number of carbonyl (C=O) groups is 1. The number of aliphatic hydroxyl groups excluding tert-OH is 2. The molecular weight excluding hydrogens is 208 g/mol. The quantitative estimate of drug-likeness (QED) is 0.553. The van der Waals surface area contributed by atoms with Gasteiger partial charge in [0.25, 0.3) is 0 Å². The van der Waals surface area contributed by atoms with E-state index < -0.39 is 36.9 Å². The molecule has 7 nitrogen and oxygen atoms in total. The Balaban J connectivity index is 2.16. The Kier molecular flexibility index (Phi) is 2.79. The Hall–Kier alpha value is -0.890. The number of carbonyl (C=O) groups excluding carboxylic acids is 1. The maximum absolute atomic E-state index is 10.9. The third-order valence-electron chi connectivity index (χ3n) is 2.49. The SMILES string of the molecule is CO[C@H]1O[C@H](CO)[C@@H]2OC(=O)O[C@@H]2[C@H]1O. The molecule has 0 radical (unpaired) electrons. The molecule has 0 unspecified atom stereocenters. The summed E-state index contributed by atoms with van der Waals surface area (Å²) in [6.45, 7) is -0.343. The van der Waals surface area contributed by atoms with Crippen LogP contribution in [0.2, 0.25) is 0 Å². The molecule has 0 saturated carbocycles. The van der Waals surface area contributed by atoms with Crippen molar-refractivity contribution in [1.82, 2.24) is 0 Å². The molecule has 2 saturated heterocycles. The summed E-state index contributed by atoms with van der Waals surface area (Å²) in [5.41, 5.74) is 0. The third-order valence-corrected chi connectivity index (χ3v) is 2.49. The first-order chi connectivity index (χ1) is 7.17. The minimum absolute atomic E-state index is 0.343. The molecule has 2 N–H and O–H groups in total. The highest BCUT2D eigenvalue weighted by Crippen LogP contribution is 2.30. The number of methoxy groups -OCH3 is 1. The molecule has 0 bridgehead atoms. The van der Waals surface area contributed by atoms with Gasteiger partial charge in [0.05, 0.1) is 6.61 Å². The Morgan fingerprint density at radius 1 is 1.40 bits per heavy atom. The first kappa shape index (κ1) is 10.6. The van der Waals surface area contributed by atoms with Gasteiger partial charge in [-0.15, -0.1) is 0 Å². The summed E-state index contributed by atoms with van der Waals surface area (Å²) in [4.78, 5) is 10.9. The Labute approximate surface area is 85.5 Å². The molecular formula is C8H12O7.